The molecule has 1 aromatic heterocycles. The molecule has 0 saturated carbocycles. The van der Waals surface area contributed by atoms with Crippen LogP contribution in [0.15, 0.2) is 30.3 Å². The summed E-state index contributed by atoms with van der Waals surface area (Å²) in [5, 5.41) is 7.31. The van der Waals surface area contributed by atoms with Crippen molar-refractivity contribution in [3.05, 3.63) is 47.3 Å². The van der Waals surface area contributed by atoms with E-state index in [0.29, 0.717) is 6.54 Å². The molecule has 1 atom stereocenters. The van der Waals surface area contributed by atoms with E-state index in [1.54, 1.807) is 6.92 Å². The fourth-order valence-electron chi connectivity index (χ4n) is 2.08. The van der Waals surface area contributed by atoms with Crippen molar-refractivity contribution in [1.82, 2.24) is 15.1 Å². The number of benzene rings is 1. The van der Waals surface area contributed by atoms with Crippen LogP contribution >= 0.6 is 0 Å². The van der Waals surface area contributed by atoms with E-state index in [1.807, 2.05) is 48.9 Å². The lowest BCUT2D eigenvalue weighted by Gasteiger charge is -2.13. The number of amides is 1. The Morgan fingerprint density at radius 2 is 2.10 bits per heavy atom. The smallest absolute Gasteiger partial charge is 0.236 e. The highest BCUT2D eigenvalue weighted by Gasteiger charge is 2.11. The Bertz CT molecular complexity index is 616. The molecule has 1 aromatic carbocycles. The third-order valence-corrected chi connectivity index (χ3v) is 3.10. The van der Waals surface area contributed by atoms with Crippen LogP contribution < -0.4 is 11.1 Å². The molecule has 0 aliphatic carbocycles. The van der Waals surface area contributed by atoms with Gasteiger partial charge in [-0.1, -0.05) is 18.2 Å². The van der Waals surface area contributed by atoms with Crippen molar-refractivity contribution in [3.8, 4) is 5.69 Å². The Kier molecular flexibility index (Phi) is 4.20. The molecule has 5 nitrogen and oxygen atoms in total. The largest absolute Gasteiger partial charge is 0.351 e. The summed E-state index contributed by atoms with van der Waals surface area (Å²) in [6, 6.07) is 9.40. The van der Waals surface area contributed by atoms with Crippen LogP contribution in [0.4, 0.5) is 0 Å². The monoisotopic (exact) mass is 272 g/mol. The molecule has 0 radical (unpaired) electrons. The lowest BCUT2D eigenvalue weighted by molar-refractivity contribution is -0.122. The molecule has 5 heteroatoms. The van der Waals surface area contributed by atoms with Gasteiger partial charge in [0.15, 0.2) is 0 Å². The minimum atomic E-state index is -0.504. The molecule has 0 fully saturated rings. The minimum absolute atomic E-state index is 0.159. The van der Waals surface area contributed by atoms with Gasteiger partial charge in [0.2, 0.25) is 5.91 Å². The standard InChI is InChI=1S/C15H20N4O/c1-10-8-11(2)19(18-10)14-7-5-4-6-13(14)9-17-15(20)12(3)16/h4-8,12H,9,16H2,1-3H3,(H,17,20)/t12-/m0/s1. The highest BCUT2D eigenvalue weighted by atomic mass is 16.2. The minimum Gasteiger partial charge on any atom is -0.351 e. The van der Waals surface area contributed by atoms with E-state index >= 15 is 0 Å². The predicted molar refractivity (Wildman–Crippen MR) is 78.5 cm³/mol. The Labute approximate surface area is 118 Å². The summed E-state index contributed by atoms with van der Waals surface area (Å²) >= 11 is 0. The molecule has 0 aliphatic rings. The number of nitrogens with two attached hydrogens (primary N) is 1. The van der Waals surface area contributed by atoms with Crippen molar-refractivity contribution in [2.45, 2.75) is 33.4 Å². The summed E-state index contributed by atoms with van der Waals surface area (Å²) in [7, 11) is 0. The van der Waals surface area contributed by atoms with Crippen molar-refractivity contribution in [2.24, 2.45) is 5.73 Å². The van der Waals surface area contributed by atoms with Crippen molar-refractivity contribution < 1.29 is 4.79 Å². The van der Waals surface area contributed by atoms with Gasteiger partial charge in [0.25, 0.3) is 0 Å². The van der Waals surface area contributed by atoms with E-state index in [1.165, 1.54) is 0 Å². The van der Waals surface area contributed by atoms with E-state index in [9.17, 15) is 4.79 Å². The average Bonchev–Trinajstić information content (AvgIpc) is 2.75. The molecule has 0 bridgehead atoms. The molecule has 0 spiro atoms. The molecule has 2 aromatic rings. The molecule has 0 unspecified atom stereocenters. The highest BCUT2D eigenvalue weighted by Crippen LogP contribution is 2.16. The molecular weight excluding hydrogens is 252 g/mol. The van der Waals surface area contributed by atoms with Gasteiger partial charge in [-0.2, -0.15) is 5.10 Å². The molecule has 106 valence electrons. The molecule has 20 heavy (non-hydrogen) atoms. The van der Waals surface area contributed by atoms with Crippen LogP contribution in [0.1, 0.15) is 23.9 Å². The van der Waals surface area contributed by atoms with Crippen molar-refractivity contribution >= 4 is 5.91 Å². The maximum Gasteiger partial charge on any atom is 0.236 e. The van der Waals surface area contributed by atoms with Crippen molar-refractivity contribution in [1.29, 1.82) is 0 Å². The topological polar surface area (TPSA) is 72.9 Å². The second-order valence-electron chi connectivity index (χ2n) is 4.97. The first-order valence-electron chi connectivity index (χ1n) is 6.64. The normalized spacial score (nSPS) is 12.2. The van der Waals surface area contributed by atoms with Gasteiger partial charge in [0.05, 0.1) is 17.4 Å². The number of carbonyl (C=O) groups excluding carboxylic acids is 1. The van der Waals surface area contributed by atoms with Gasteiger partial charge in [-0.3, -0.25) is 4.79 Å². The number of aryl methyl sites for hydroxylation is 2. The first-order valence-corrected chi connectivity index (χ1v) is 6.64. The Balaban J connectivity index is 2.27. The van der Waals surface area contributed by atoms with E-state index in [4.69, 9.17) is 5.73 Å². The predicted octanol–water partition coefficient (Wildman–Crippen LogP) is 1.45. The number of carbonyl (C=O) groups is 1. The van der Waals surface area contributed by atoms with Gasteiger partial charge in [-0.05, 0) is 38.5 Å². The quantitative estimate of drug-likeness (QED) is 0.885. The van der Waals surface area contributed by atoms with Crippen LogP contribution in [-0.4, -0.2) is 21.7 Å². The second-order valence-corrected chi connectivity index (χ2v) is 4.97. The van der Waals surface area contributed by atoms with Crippen LogP contribution in [0.3, 0.4) is 0 Å². The van der Waals surface area contributed by atoms with Gasteiger partial charge < -0.3 is 11.1 Å². The van der Waals surface area contributed by atoms with Gasteiger partial charge in [-0.15, -0.1) is 0 Å². The Hall–Kier alpha value is -2.14. The number of para-hydroxylation sites is 1. The molecule has 0 aliphatic heterocycles. The maximum absolute atomic E-state index is 11.6. The van der Waals surface area contributed by atoms with Crippen LogP contribution in [0.25, 0.3) is 5.69 Å². The second kappa shape index (κ2) is 5.88. The molecule has 1 amide bonds. The van der Waals surface area contributed by atoms with Gasteiger partial charge >= 0.3 is 0 Å². The summed E-state index contributed by atoms with van der Waals surface area (Å²) in [4.78, 5) is 11.6. The third kappa shape index (κ3) is 3.05. The average molecular weight is 272 g/mol. The Morgan fingerprint density at radius 1 is 1.40 bits per heavy atom. The zero-order chi connectivity index (χ0) is 14.7. The Morgan fingerprint density at radius 3 is 2.70 bits per heavy atom. The van der Waals surface area contributed by atoms with Gasteiger partial charge in [-0.25, -0.2) is 4.68 Å². The summed E-state index contributed by atoms with van der Waals surface area (Å²) in [5.74, 6) is -0.159. The molecule has 1 heterocycles. The lowest BCUT2D eigenvalue weighted by Crippen LogP contribution is -2.38. The number of hydrogen-bond donors (Lipinski definition) is 2. The van der Waals surface area contributed by atoms with Gasteiger partial charge in [0.1, 0.15) is 0 Å². The van der Waals surface area contributed by atoms with Crippen molar-refractivity contribution in [3.63, 3.8) is 0 Å². The highest BCUT2D eigenvalue weighted by molar-refractivity contribution is 5.81. The third-order valence-electron chi connectivity index (χ3n) is 3.10. The summed E-state index contributed by atoms with van der Waals surface area (Å²) in [5.41, 5.74) is 9.56. The van der Waals surface area contributed by atoms with Gasteiger partial charge in [0, 0.05) is 12.2 Å². The maximum atomic E-state index is 11.6. The van der Waals surface area contributed by atoms with Crippen LogP contribution in [0.2, 0.25) is 0 Å². The number of nitrogens with one attached hydrogen (secondary N) is 1. The summed E-state index contributed by atoms with van der Waals surface area (Å²) in [6.07, 6.45) is 0. The lowest BCUT2D eigenvalue weighted by atomic mass is 10.1. The van der Waals surface area contributed by atoms with Crippen molar-refractivity contribution in [2.75, 3.05) is 0 Å². The fraction of sp³-hybridized carbons (Fsp3) is 0.333. The summed E-state index contributed by atoms with van der Waals surface area (Å²) in [6.45, 7) is 6.08. The number of hydrogen-bond acceptors (Lipinski definition) is 3. The number of aromatic nitrogens is 2. The number of nitrogens with zero attached hydrogens (tertiary/aromatic N) is 2. The number of rotatable bonds is 4. The SMILES string of the molecule is Cc1cc(C)n(-c2ccccc2CNC(=O)[C@H](C)N)n1. The molecular formula is C15H20N4O. The molecule has 0 saturated heterocycles. The first kappa shape index (κ1) is 14.3. The zero-order valence-electron chi connectivity index (χ0n) is 12.1. The van der Waals surface area contributed by atoms with E-state index in [2.05, 4.69) is 10.4 Å². The van der Waals surface area contributed by atoms with Crippen LogP contribution in [-0.2, 0) is 11.3 Å². The van der Waals surface area contributed by atoms with E-state index in [-0.39, 0.29) is 5.91 Å². The van der Waals surface area contributed by atoms with E-state index in [0.717, 1.165) is 22.6 Å². The summed E-state index contributed by atoms with van der Waals surface area (Å²) < 4.78 is 1.89. The first-order chi connectivity index (χ1) is 9.49. The van der Waals surface area contributed by atoms with Crippen LogP contribution in [0, 0.1) is 13.8 Å². The van der Waals surface area contributed by atoms with E-state index < -0.39 is 6.04 Å². The van der Waals surface area contributed by atoms with Crippen LogP contribution in [0.5, 0.6) is 0 Å². The molecule has 2 rings (SSSR count). The molecule has 3 N–H and O–H groups in total. The fourth-order valence-corrected chi connectivity index (χ4v) is 2.08. The zero-order valence-corrected chi connectivity index (χ0v) is 12.1.